The van der Waals surface area contributed by atoms with Crippen LogP contribution < -0.4 is 0 Å². The molecule has 0 aliphatic heterocycles. The maximum absolute atomic E-state index is 2.48. The molecule has 21 heavy (non-hydrogen) atoms. The van der Waals surface area contributed by atoms with Gasteiger partial charge in [0.1, 0.15) is 0 Å². The molecule has 3 aliphatic rings. The fourth-order valence-corrected chi connectivity index (χ4v) is 6.33. The van der Waals surface area contributed by atoms with E-state index in [1.165, 1.54) is 11.1 Å². The lowest BCUT2D eigenvalue weighted by atomic mass is 9.48. The Labute approximate surface area is 126 Å². The quantitative estimate of drug-likeness (QED) is 0.694. The Kier molecular flexibility index (Phi) is 1.87. The van der Waals surface area contributed by atoms with E-state index >= 15 is 0 Å². The fourth-order valence-electron chi connectivity index (χ4n) is 6.33. The van der Waals surface area contributed by atoms with Crippen molar-refractivity contribution in [2.45, 2.75) is 24.7 Å². The highest BCUT2D eigenvalue weighted by molar-refractivity contribution is 5.68. The average Bonchev–Trinajstić information content (AvgIpc) is 2.88. The lowest BCUT2D eigenvalue weighted by Crippen LogP contribution is -2.54. The Balaban J connectivity index is 1.78. The topological polar surface area (TPSA) is 0 Å². The molecule has 0 N–H and O–H groups in total. The number of rotatable bonds is 2. The van der Waals surface area contributed by atoms with E-state index in [-0.39, 0.29) is 0 Å². The fraction of sp³-hybridized carbons (Fsp3) is 0.333. The van der Waals surface area contributed by atoms with Crippen molar-refractivity contribution < 1.29 is 0 Å². The Hall–Kier alpha value is -1.82. The van der Waals surface area contributed by atoms with Crippen molar-refractivity contribution in [2.75, 3.05) is 0 Å². The second kappa shape index (κ2) is 3.32. The van der Waals surface area contributed by atoms with Crippen molar-refractivity contribution in [3.8, 4) is 0 Å². The highest BCUT2D eigenvalue weighted by atomic mass is 15.0. The minimum absolute atomic E-state index is 0.308. The lowest BCUT2D eigenvalue weighted by Gasteiger charge is -2.54. The molecule has 2 aromatic carbocycles. The van der Waals surface area contributed by atoms with Gasteiger partial charge in [-0.2, -0.15) is 0 Å². The number of benzene rings is 2. The molecule has 0 spiro atoms. The van der Waals surface area contributed by atoms with E-state index in [0.29, 0.717) is 16.2 Å². The number of hydrogen-bond donors (Lipinski definition) is 0. The molecule has 0 radical (unpaired) electrons. The third kappa shape index (κ3) is 0.914. The normalized spacial score (nSPS) is 40.5. The maximum atomic E-state index is 2.48. The lowest BCUT2D eigenvalue weighted by molar-refractivity contribution is 0.143. The molecular formula is C21H20. The highest BCUT2D eigenvalue weighted by Crippen LogP contribution is 2.94. The second-order valence-electron chi connectivity index (χ2n) is 7.41. The molecule has 4 atom stereocenters. The molecule has 2 saturated carbocycles. The third-order valence-electron chi connectivity index (χ3n) is 6.90. The van der Waals surface area contributed by atoms with Crippen LogP contribution in [0.5, 0.6) is 0 Å². The monoisotopic (exact) mass is 272 g/mol. The van der Waals surface area contributed by atoms with E-state index in [4.69, 9.17) is 0 Å². The summed E-state index contributed by atoms with van der Waals surface area (Å²) < 4.78 is 0. The Morgan fingerprint density at radius 3 is 1.33 bits per heavy atom. The zero-order valence-corrected chi connectivity index (χ0v) is 12.6. The molecule has 0 saturated heterocycles. The van der Waals surface area contributed by atoms with Gasteiger partial charge in [0.25, 0.3) is 0 Å². The summed E-state index contributed by atoms with van der Waals surface area (Å²) in [5, 5.41) is 0. The van der Waals surface area contributed by atoms with Gasteiger partial charge in [-0.1, -0.05) is 86.7 Å². The average molecular weight is 272 g/mol. The minimum Gasteiger partial charge on any atom is -0.0835 e. The van der Waals surface area contributed by atoms with Crippen LogP contribution in [0.25, 0.3) is 0 Å². The standard InChI is InChI=1S/C21H20/c1-19(2)20(15-9-5-3-6-10-15)17-13-14-18(17)21(19,20)16-11-7-4-8-12-16/h3-14,17-18H,1-2H3. The molecule has 4 unspecified atom stereocenters. The zero-order chi connectivity index (χ0) is 14.3. The van der Waals surface area contributed by atoms with Crippen LogP contribution in [0.2, 0.25) is 0 Å². The van der Waals surface area contributed by atoms with Crippen molar-refractivity contribution in [2.24, 2.45) is 17.3 Å². The molecule has 0 bridgehead atoms. The van der Waals surface area contributed by atoms with Gasteiger partial charge >= 0.3 is 0 Å². The van der Waals surface area contributed by atoms with Crippen LogP contribution in [0, 0.1) is 17.3 Å². The SMILES string of the molecule is CC1(C)C2(c3ccccc3)C3C=CC3C12c1ccccc1. The maximum Gasteiger partial charge on any atom is 0.0190 e. The zero-order valence-electron chi connectivity index (χ0n) is 12.6. The van der Waals surface area contributed by atoms with Crippen molar-refractivity contribution in [1.29, 1.82) is 0 Å². The van der Waals surface area contributed by atoms with Crippen LogP contribution in [-0.4, -0.2) is 0 Å². The summed E-state index contributed by atoms with van der Waals surface area (Å²) in [4.78, 5) is 0. The summed E-state index contributed by atoms with van der Waals surface area (Å²) in [7, 11) is 0. The first-order valence-electron chi connectivity index (χ1n) is 7.98. The molecule has 2 aromatic rings. The molecule has 3 aliphatic carbocycles. The van der Waals surface area contributed by atoms with Gasteiger partial charge in [-0.15, -0.1) is 0 Å². The van der Waals surface area contributed by atoms with Gasteiger partial charge in [0, 0.05) is 10.8 Å². The second-order valence-corrected chi connectivity index (χ2v) is 7.41. The van der Waals surface area contributed by atoms with Crippen LogP contribution in [0.15, 0.2) is 72.8 Å². The third-order valence-corrected chi connectivity index (χ3v) is 6.90. The molecule has 104 valence electrons. The van der Waals surface area contributed by atoms with Crippen molar-refractivity contribution in [3.05, 3.63) is 83.9 Å². The van der Waals surface area contributed by atoms with Crippen molar-refractivity contribution in [1.82, 2.24) is 0 Å². The van der Waals surface area contributed by atoms with Gasteiger partial charge < -0.3 is 0 Å². The largest absolute Gasteiger partial charge is 0.0835 e. The van der Waals surface area contributed by atoms with Crippen LogP contribution in [0.1, 0.15) is 25.0 Å². The summed E-state index contributed by atoms with van der Waals surface area (Å²) >= 11 is 0. The van der Waals surface area contributed by atoms with Gasteiger partial charge in [-0.3, -0.25) is 0 Å². The number of allylic oxidation sites excluding steroid dienone is 2. The van der Waals surface area contributed by atoms with E-state index in [1.54, 1.807) is 0 Å². The van der Waals surface area contributed by atoms with Crippen LogP contribution in [0.3, 0.4) is 0 Å². The molecule has 2 fully saturated rings. The molecule has 0 nitrogen and oxygen atoms in total. The summed E-state index contributed by atoms with van der Waals surface area (Å²) in [5.74, 6) is 1.46. The van der Waals surface area contributed by atoms with Gasteiger partial charge in [0.05, 0.1) is 0 Å². The first kappa shape index (κ1) is 11.8. The van der Waals surface area contributed by atoms with Crippen LogP contribution >= 0.6 is 0 Å². The molecule has 0 heteroatoms. The van der Waals surface area contributed by atoms with Gasteiger partial charge in [0.15, 0.2) is 0 Å². The first-order chi connectivity index (χ1) is 10.2. The smallest absolute Gasteiger partial charge is 0.0190 e. The predicted octanol–water partition coefficient (Wildman–Crippen LogP) is 4.72. The van der Waals surface area contributed by atoms with E-state index in [1.807, 2.05) is 0 Å². The van der Waals surface area contributed by atoms with Gasteiger partial charge in [0.2, 0.25) is 0 Å². The summed E-state index contributed by atoms with van der Waals surface area (Å²) in [6, 6.07) is 22.4. The molecule has 0 amide bonds. The van der Waals surface area contributed by atoms with E-state index in [0.717, 1.165) is 11.8 Å². The number of fused-ring (bicyclic) bond motifs is 4. The van der Waals surface area contributed by atoms with Gasteiger partial charge in [-0.25, -0.2) is 0 Å². The Morgan fingerprint density at radius 2 is 1.00 bits per heavy atom. The summed E-state index contributed by atoms with van der Waals surface area (Å²) in [6.07, 6.45) is 4.90. The Morgan fingerprint density at radius 1 is 0.619 bits per heavy atom. The highest BCUT2D eigenvalue weighted by Gasteiger charge is 2.95. The molecule has 0 aromatic heterocycles. The minimum atomic E-state index is 0.308. The van der Waals surface area contributed by atoms with E-state index < -0.39 is 0 Å². The summed E-state index contributed by atoms with van der Waals surface area (Å²) in [5.41, 5.74) is 4.00. The molecule has 5 rings (SSSR count). The first-order valence-corrected chi connectivity index (χ1v) is 7.98. The van der Waals surface area contributed by atoms with Crippen molar-refractivity contribution in [3.63, 3.8) is 0 Å². The van der Waals surface area contributed by atoms with Gasteiger partial charge in [-0.05, 0) is 28.4 Å². The molecular weight excluding hydrogens is 252 g/mol. The van der Waals surface area contributed by atoms with Crippen LogP contribution in [0.4, 0.5) is 0 Å². The van der Waals surface area contributed by atoms with Crippen molar-refractivity contribution >= 4 is 0 Å². The number of hydrogen-bond acceptors (Lipinski definition) is 0. The van der Waals surface area contributed by atoms with E-state index in [9.17, 15) is 0 Å². The predicted molar refractivity (Wildman–Crippen MR) is 86.1 cm³/mol. The van der Waals surface area contributed by atoms with Crippen LogP contribution in [-0.2, 0) is 10.8 Å². The summed E-state index contributed by atoms with van der Waals surface area (Å²) in [6.45, 7) is 4.96. The molecule has 0 heterocycles. The Bertz CT molecular complexity index is 677. The van der Waals surface area contributed by atoms with E-state index in [2.05, 4.69) is 86.7 Å².